The first kappa shape index (κ1) is 15.9. The van der Waals surface area contributed by atoms with Gasteiger partial charge in [-0.1, -0.05) is 13.8 Å². The van der Waals surface area contributed by atoms with Crippen LogP contribution in [-0.4, -0.2) is 52.7 Å². The highest BCUT2D eigenvalue weighted by Gasteiger charge is 2.37. The van der Waals surface area contributed by atoms with Crippen LogP contribution >= 0.6 is 11.3 Å². The van der Waals surface area contributed by atoms with Crippen LogP contribution < -0.4 is 0 Å². The molecule has 1 aromatic heterocycles. The average molecular weight is 312 g/mol. The average Bonchev–Trinajstić information content (AvgIpc) is 3.03. The van der Waals surface area contributed by atoms with Gasteiger partial charge in [-0.25, -0.2) is 4.98 Å². The molecule has 0 aromatic carbocycles. The van der Waals surface area contributed by atoms with E-state index in [9.17, 15) is 9.59 Å². The van der Waals surface area contributed by atoms with Crippen molar-refractivity contribution in [3.05, 3.63) is 16.1 Å². The number of aliphatic carboxylic acids is 1. The van der Waals surface area contributed by atoms with Gasteiger partial charge in [0.1, 0.15) is 5.69 Å². The van der Waals surface area contributed by atoms with Crippen LogP contribution in [0.1, 0.15) is 48.1 Å². The van der Waals surface area contributed by atoms with E-state index in [1.165, 1.54) is 11.3 Å². The zero-order chi connectivity index (χ0) is 15.6. The third kappa shape index (κ3) is 3.59. The van der Waals surface area contributed by atoms with Crippen molar-refractivity contribution in [3.63, 3.8) is 0 Å². The number of ether oxygens (including phenoxy) is 1. The fourth-order valence-corrected chi connectivity index (χ4v) is 3.30. The maximum Gasteiger partial charge on any atom is 0.305 e. The van der Waals surface area contributed by atoms with Gasteiger partial charge in [-0.15, -0.1) is 11.3 Å². The Balaban J connectivity index is 2.16. The van der Waals surface area contributed by atoms with Gasteiger partial charge >= 0.3 is 5.97 Å². The Morgan fingerprint density at radius 3 is 2.81 bits per heavy atom. The Kier molecular flexibility index (Phi) is 4.95. The summed E-state index contributed by atoms with van der Waals surface area (Å²) in [4.78, 5) is 29.5. The summed E-state index contributed by atoms with van der Waals surface area (Å²) in [6.45, 7) is 4.47. The number of nitrogens with zero attached hydrogens (tertiary/aromatic N) is 2. The van der Waals surface area contributed by atoms with Crippen LogP contribution in [0.15, 0.2) is 5.38 Å². The molecule has 0 bridgehead atoms. The number of rotatable bonds is 5. The van der Waals surface area contributed by atoms with Crippen molar-refractivity contribution in [1.82, 2.24) is 9.88 Å². The molecule has 0 spiro atoms. The van der Waals surface area contributed by atoms with E-state index in [0.717, 1.165) is 5.01 Å². The van der Waals surface area contributed by atoms with Crippen molar-refractivity contribution < 1.29 is 19.4 Å². The SMILES string of the molecule is COC1CC(CC(=O)O)N(C(=O)c2csc(C(C)C)n2)C1. The number of amides is 1. The summed E-state index contributed by atoms with van der Waals surface area (Å²) in [5.74, 6) is -0.837. The zero-order valence-corrected chi connectivity index (χ0v) is 13.2. The van der Waals surface area contributed by atoms with Crippen LogP contribution in [0.25, 0.3) is 0 Å². The Hall–Kier alpha value is -1.47. The molecule has 1 fully saturated rings. The van der Waals surface area contributed by atoms with Crippen molar-refractivity contribution in [2.24, 2.45) is 0 Å². The summed E-state index contributed by atoms with van der Waals surface area (Å²) in [6.07, 6.45) is 0.379. The summed E-state index contributed by atoms with van der Waals surface area (Å²) < 4.78 is 5.28. The molecule has 2 unspecified atom stereocenters. The Morgan fingerprint density at radius 1 is 1.57 bits per heavy atom. The van der Waals surface area contributed by atoms with E-state index in [1.807, 2.05) is 13.8 Å². The predicted octanol–water partition coefficient (Wildman–Crippen LogP) is 1.97. The molecule has 0 aliphatic carbocycles. The van der Waals surface area contributed by atoms with Gasteiger partial charge in [-0.2, -0.15) is 0 Å². The number of thiazole rings is 1. The smallest absolute Gasteiger partial charge is 0.305 e. The third-order valence-electron chi connectivity index (χ3n) is 3.62. The second-order valence-electron chi connectivity index (χ2n) is 5.53. The molecule has 1 aromatic rings. The number of methoxy groups -OCH3 is 1. The van der Waals surface area contributed by atoms with E-state index >= 15 is 0 Å². The Labute approximate surface area is 127 Å². The number of hydrogen-bond acceptors (Lipinski definition) is 5. The molecule has 0 radical (unpaired) electrons. The Morgan fingerprint density at radius 2 is 2.29 bits per heavy atom. The molecule has 6 nitrogen and oxygen atoms in total. The first-order chi connectivity index (χ1) is 9.92. The number of aromatic nitrogens is 1. The van der Waals surface area contributed by atoms with E-state index in [0.29, 0.717) is 18.7 Å². The summed E-state index contributed by atoms with van der Waals surface area (Å²) in [6, 6.07) is -0.329. The normalized spacial score (nSPS) is 22.0. The molecule has 1 aliphatic rings. The highest BCUT2D eigenvalue weighted by molar-refractivity contribution is 7.09. The predicted molar refractivity (Wildman–Crippen MR) is 78.7 cm³/mol. The number of carboxylic acids is 1. The van der Waals surface area contributed by atoms with Crippen molar-refractivity contribution in [1.29, 1.82) is 0 Å². The second kappa shape index (κ2) is 6.53. The van der Waals surface area contributed by atoms with Gasteiger partial charge in [0.25, 0.3) is 5.91 Å². The molecule has 0 saturated carbocycles. The van der Waals surface area contributed by atoms with E-state index in [1.54, 1.807) is 17.4 Å². The van der Waals surface area contributed by atoms with Gasteiger partial charge < -0.3 is 14.7 Å². The fraction of sp³-hybridized carbons (Fsp3) is 0.643. The van der Waals surface area contributed by atoms with Gasteiger partial charge in [0, 0.05) is 31.0 Å². The monoisotopic (exact) mass is 312 g/mol. The summed E-state index contributed by atoms with van der Waals surface area (Å²) in [7, 11) is 1.58. The lowest BCUT2D eigenvalue weighted by Crippen LogP contribution is -2.37. The van der Waals surface area contributed by atoms with Crippen LogP contribution in [0.4, 0.5) is 0 Å². The molecular formula is C14H20N2O4S. The standard InChI is InChI=1S/C14H20N2O4S/c1-8(2)13-15-11(7-21-13)14(19)16-6-10(20-3)4-9(16)5-12(17)18/h7-10H,4-6H2,1-3H3,(H,17,18). The van der Waals surface area contributed by atoms with E-state index in [2.05, 4.69) is 4.98 Å². The second-order valence-corrected chi connectivity index (χ2v) is 6.42. The van der Waals surface area contributed by atoms with Crippen molar-refractivity contribution in [2.75, 3.05) is 13.7 Å². The topological polar surface area (TPSA) is 79.7 Å². The third-order valence-corrected chi connectivity index (χ3v) is 4.76. The number of carbonyl (C=O) groups is 2. The molecule has 7 heteroatoms. The molecule has 1 N–H and O–H groups in total. The molecule has 2 atom stereocenters. The van der Waals surface area contributed by atoms with Crippen LogP contribution in [0.2, 0.25) is 0 Å². The van der Waals surface area contributed by atoms with Crippen LogP contribution in [0.3, 0.4) is 0 Å². The number of carbonyl (C=O) groups excluding carboxylic acids is 1. The molecular weight excluding hydrogens is 292 g/mol. The van der Waals surface area contributed by atoms with Gasteiger partial charge in [0.2, 0.25) is 0 Å². The van der Waals surface area contributed by atoms with Gasteiger partial charge in [0.15, 0.2) is 0 Å². The molecule has 1 aliphatic heterocycles. The van der Waals surface area contributed by atoms with E-state index < -0.39 is 5.97 Å². The molecule has 2 rings (SSSR count). The summed E-state index contributed by atoms with van der Waals surface area (Å²) in [5.41, 5.74) is 0.399. The number of hydrogen-bond donors (Lipinski definition) is 1. The zero-order valence-electron chi connectivity index (χ0n) is 12.4. The fourth-order valence-electron chi connectivity index (χ4n) is 2.49. The maximum absolute atomic E-state index is 12.6. The summed E-state index contributed by atoms with van der Waals surface area (Å²) >= 11 is 1.46. The largest absolute Gasteiger partial charge is 0.481 e. The number of carboxylic acid groups (broad SMARTS) is 1. The van der Waals surface area contributed by atoms with Crippen LogP contribution in [0.5, 0.6) is 0 Å². The highest BCUT2D eigenvalue weighted by atomic mass is 32.1. The van der Waals surface area contributed by atoms with Gasteiger partial charge in [-0.3, -0.25) is 9.59 Å². The minimum absolute atomic E-state index is 0.0627. The van der Waals surface area contributed by atoms with Crippen molar-refractivity contribution in [2.45, 2.75) is 44.8 Å². The molecule has 1 saturated heterocycles. The minimum Gasteiger partial charge on any atom is -0.481 e. The molecule has 1 amide bonds. The quantitative estimate of drug-likeness (QED) is 0.899. The van der Waals surface area contributed by atoms with Crippen LogP contribution in [-0.2, 0) is 9.53 Å². The lowest BCUT2D eigenvalue weighted by atomic mass is 10.1. The molecule has 116 valence electrons. The van der Waals surface area contributed by atoms with Gasteiger partial charge in [-0.05, 0) is 6.42 Å². The minimum atomic E-state index is -0.907. The summed E-state index contributed by atoms with van der Waals surface area (Å²) in [5, 5.41) is 11.6. The van der Waals surface area contributed by atoms with Crippen LogP contribution in [0, 0.1) is 0 Å². The number of likely N-dealkylation sites (tertiary alicyclic amines) is 1. The van der Waals surface area contributed by atoms with E-state index in [4.69, 9.17) is 9.84 Å². The maximum atomic E-state index is 12.6. The molecule has 21 heavy (non-hydrogen) atoms. The lowest BCUT2D eigenvalue weighted by Gasteiger charge is -2.22. The lowest BCUT2D eigenvalue weighted by molar-refractivity contribution is -0.137. The molecule has 2 heterocycles. The van der Waals surface area contributed by atoms with Crippen molar-refractivity contribution in [3.8, 4) is 0 Å². The van der Waals surface area contributed by atoms with E-state index in [-0.39, 0.29) is 30.4 Å². The van der Waals surface area contributed by atoms with Crippen molar-refractivity contribution >= 4 is 23.2 Å². The highest BCUT2D eigenvalue weighted by Crippen LogP contribution is 2.26. The van der Waals surface area contributed by atoms with Gasteiger partial charge in [0.05, 0.1) is 17.5 Å². The Bertz CT molecular complexity index is 529. The first-order valence-electron chi connectivity index (χ1n) is 6.93. The first-order valence-corrected chi connectivity index (χ1v) is 7.81.